The maximum absolute atomic E-state index is 7.22. The summed E-state index contributed by atoms with van der Waals surface area (Å²) in [4.78, 5) is 0. The van der Waals surface area contributed by atoms with Crippen molar-refractivity contribution >= 4 is 35.9 Å². The van der Waals surface area contributed by atoms with E-state index in [2.05, 4.69) is 10.2 Å². The minimum absolute atomic E-state index is 0.374. The molecule has 0 heterocycles. The number of hydrogen-bond acceptors (Lipinski definition) is 6. The van der Waals surface area contributed by atoms with Crippen LogP contribution in [0, 0.1) is 0 Å². The Bertz CT molecular complexity index is 982. The average molecular weight is 467 g/mol. The van der Waals surface area contributed by atoms with Crippen molar-refractivity contribution in [1.82, 2.24) is 10.0 Å². The van der Waals surface area contributed by atoms with Gasteiger partial charge in [0.25, 0.3) is 0 Å². The molecular weight excluding hydrogens is 440 g/mol. The molecule has 32 heavy (non-hydrogen) atoms. The van der Waals surface area contributed by atoms with Gasteiger partial charge in [0, 0.05) is 44.5 Å². The molecule has 6 nitrogen and oxygen atoms in total. The molecule has 0 aliphatic heterocycles. The van der Waals surface area contributed by atoms with Crippen molar-refractivity contribution in [3.63, 3.8) is 0 Å². The summed E-state index contributed by atoms with van der Waals surface area (Å²) in [5, 5.41) is 13.2. The van der Waals surface area contributed by atoms with Gasteiger partial charge in [-0.1, -0.05) is 77.8 Å². The van der Waals surface area contributed by atoms with Crippen LogP contribution in [0.1, 0.15) is 11.1 Å². The van der Waals surface area contributed by atoms with Crippen LogP contribution in [-0.4, -0.2) is 57.9 Å². The van der Waals surface area contributed by atoms with Crippen LogP contribution in [0.4, 0.5) is 0 Å². The number of rotatable bonds is 7. The molecule has 0 fully saturated rings. The topological polar surface area (TPSA) is 49.7 Å². The molecule has 0 N–H and O–H groups in total. The Morgan fingerprint density at radius 3 is 1.31 bits per heavy atom. The molecule has 166 valence electrons. The first-order valence-corrected chi connectivity index (χ1v) is 13.0. The Morgan fingerprint density at radius 2 is 0.969 bits per heavy atom. The molecule has 0 bridgehead atoms. The lowest BCUT2D eigenvalue weighted by molar-refractivity contribution is 0.368. The maximum Gasteiger partial charge on any atom is 0.607 e. The number of nitrogens with zero attached hydrogens (tertiary/aromatic N) is 4. The lowest BCUT2D eigenvalue weighted by atomic mass is 10.2. The van der Waals surface area contributed by atoms with Crippen LogP contribution in [0.3, 0.4) is 0 Å². The summed E-state index contributed by atoms with van der Waals surface area (Å²) in [5.41, 5.74) is 1.59. The van der Waals surface area contributed by atoms with Crippen molar-refractivity contribution < 1.29 is 8.85 Å². The van der Waals surface area contributed by atoms with Gasteiger partial charge in [-0.2, -0.15) is 0 Å². The van der Waals surface area contributed by atoms with Gasteiger partial charge in [0.05, 0.1) is 0 Å². The van der Waals surface area contributed by atoms with Crippen LogP contribution in [0.15, 0.2) is 101 Å². The van der Waals surface area contributed by atoms with Crippen LogP contribution in [0.5, 0.6) is 0 Å². The molecular formula is C24H27ClN4O2Si. The molecule has 8 heteroatoms. The summed E-state index contributed by atoms with van der Waals surface area (Å²) < 4.78 is 12.9. The SMILES string of the molecule is CN(C)/N=C(/O[Si](Cl)(O/C(=N/N(C)C)c1ccccc1)c1ccccc1)c1ccccc1. The van der Waals surface area contributed by atoms with Crippen LogP contribution < -0.4 is 5.19 Å². The molecule has 0 aromatic heterocycles. The Hall–Kier alpha value is -3.29. The number of benzene rings is 3. The van der Waals surface area contributed by atoms with E-state index < -0.39 is 7.87 Å². The molecule has 3 rings (SSSR count). The van der Waals surface area contributed by atoms with Crippen molar-refractivity contribution in [1.29, 1.82) is 0 Å². The van der Waals surface area contributed by atoms with Gasteiger partial charge in [0.15, 0.2) is 0 Å². The minimum atomic E-state index is -3.59. The Morgan fingerprint density at radius 1 is 0.625 bits per heavy atom. The number of halogens is 1. The van der Waals surface area contributed by atoms with E-state index in [1.54, 1.807) is 10.0 Å². The monoisotopic (exact) mass is 466 g/mol. The lowest BCUT2D eigenvalue weighted by Crippen LogP contribution is -2.52. The van der Waals surface area contributed by atoms with Gasteiger partial charge in [-0.25, -0.2) is 0 Å². The van der Waals surface area contributed by atoms with Crippen molar-refractivity contribution in [3.8, 4) is 0 Å². The zero-order valence-electron chi connectivity index (χ0n) is 18.6. The van der Waals surface area contributed by atoms with E-state index in [4.69, 9.17) is 19.9 Å². The third-order valence-electron chi connectivity index (χ3n) is 4.20. The van der Waals surface area contributed by atoms with Gasteiger partial charge < -0.3 is 8.85 Å². The third kappa shape index (κ3) is 6.35. The normalized spacial score (nSPS) is 12.3. The second kappa shape index (κ2) is 10.8. The molecule has 3 aromatic carbocycles. The summed E-state index contributed by atoms with van der Waals surface area (Å²) in [5.74, 6) is 0.747. The van der Waals surface area contributed by atoms with Crippen molar-refractivity contribution in [2.45, 2.75) is 0 Å². The predicted molar refractivity (Wildman–Crippen MR) is 133 cm³/mol. The van der Waals surface area contributed by atoms with Crippen molar-refractivity contribution in [2.75, 3.05) is 28.2 Å². The first kappa shape index (κ1) is 23.4. The lowest BCUT2D eigenvalue weighted by Gasteiger charge is -2.28. The Balaban J connectivity index is 2.08. The van der Waals surface area contributed by atoms with E-state index >= 15 is 0 Å². The van der Waals surface area contributed by atoms with E-state index in [-0.39, 0.29) is 0 Å². The standard InChI is InChI=1S/C24H27ClN4O2Si/c1-28(2)26-23(20-14-8-5-9-15-20)30-32(25,22-18-12-7-13-19-22)31-24(27-29(3)4)21-16-10-6-11-17-21/h5-19H,1-4H3/b26-23+,27-24+. The van der Waals surface area contributed by atoms with Crippen molar-refractivity contribution in [3.05, 3.63) is 102 Å². The summed E-state index contributed by atoms with van der Waals surface area (Å²) in [6.07, 6.45) is 0. The first-order chi connectivity index (χ1) is 15.4. The van der Waals surface area contributed by atoms with Crippen LogP contribution >= 0.6 is 11.1 Å². The summed E-state index contributed by atoms with van der Waals surface area (Å²) in [6, 6.07) is 28.8. The molecule has 0 aliphatic rings. The molecule has 0 saturated heterocycles. The zero-order chi connectivity index (χ0) is 23.0. The smallest absolute Gasteiger partial charge is 0.482 e. The highest BCUT2D eigenvalue weighted by molar-refractivity contribution is 7.21. The zero-order valence-corrected chi connectivity index (χ0v) is 20.4. The first-order valence-electron chi connectivity index (χ1n) is 10.1. The fourth-order valence-corrected chi connectivity index (χ4v) is 5.32. The minimum Gasteiger partial charge on any atom is -0.482 e. The Labute approximate surface area is 195 Å². The fraction of sp³-hybridized carbons (Fsp3) is 0.167. The van der Waals surface area contributed by atoms with Crippen LogP contribution in [0.25, 0.3) is 0 Å². The van der Waals surface area contributed by atoms with E-state index in [1.165, 1.54) is 0 Å². The summed E-state index contributed by atoms with van der Waals surface area (Å²) in [7, 11) is 3.72. The van der Waals surface area contributed by atoms with E-state index in [0.717, 1.165) is 16.3 Å². The molecule has 0 radical (unpaired) electrons. The van der Waals surface area contributed by atoms with Gasteiger partial charge in [0.1, 0.15) is 0 Å². The second-order valence-corrected chi connectivity index (χ2v) is 10.9. The highest BCUT2D eigenvalue weighted by Crippen LogP contribution is 2.20. The molecule has 3 aromatic rings. The highest BCUT2D eigenvalue weighted by atomic mass is 35.6. The largest absolute Gasteiger partial charge is 0.607 e. The van der Waals surface area contributed by atoms with Gasteiger partial charge in [-0.15, -0.1) is 10.2 Å². The summed E-state index contributed by atoms with van der Waals surface area (Å²) in [6.45, 7) is 0. The van der Waals surface area contributed by atoms with Gasteiger partial charge in [0.2, 0.25) is 11.8 Å². The highest BCUT2D eigenvalue weighted by Gasteiger charge is 2.46. The molecule has 0 atom stereocenters. The average Bonchev–Trinajstić information content (AvgIpc) is 2.79. The van der Waals surface area contributed by atoms with E-state index in [9.17, 15) is 0 Å². The maximum atomic E-state index is 7.22. The predicted octanol–water partition coefficient (Wildman–Crippen LogP) is 3.95. The molecule has 0 aliphatic carbocycles. The quantitative estimate of drug-likeness (QED) is 0.174. The van der Waals surface area contributed by atoms with Gasteiger partial charge >= 0.3 is 7.87 Å². The van der Waals surface area contributed by atoms with E-state index in [1.807, 2.05) is 119 Å². The molecule has 0 unspecified atom stereocenters. The third-order valence-corrected chi connectivity index (χ3v) is 7.25. The van der Waals surface area contributed by atoms with Crippen LogP contribution in [0.2, 0.25) is 0 Å². The molecule has 0 saturated carbocycles. The second-order valence-electron chi connectivity index (χ2n) is 7.34. The Kier molecular flexibility index (Phi) is 7.91. The molecule has 0 amide bonds. The fourth-order valence-electron chi connectivity index (χ4n) is 2.82. The van der Waals surface area contributed by atoms with Gasteiger partial charge in [-0.05, 0) is 24.3 Å². The van der Waals surface area contributed by atoms with Crippen molar-refractivity contribution in [2.24, 2.45) is 10.2 Å². The number of hydrazone groups is 2. The molecule has 0 spiro atoms. The number of hydrogen-bond donors (Lipinski definition) is 0. The van der Waals surface area contributed by atoms with Gasteiger partial charge in [-0.3, -0.25) is 10.0 Å². The van der Waals surface area contributed by atoms with E-state index in [0.29, 0.717) is 11.8 Å². The van der Waals surface area contributed by atoms with Crippen LogP contribution in [-0.2, 0) is 8.85 Å². The summed E-state index contributed by atoms with van der Waals surface area (Å²) >= 11 is 7.22.